The third-order valence-electron chi connectivity index (χ3n) is 4.51. The van der Waals surface area contributed by atoms with Crippen molar-refractivity contribution in [2.75, 3.05) is 0 Å². The maximum atomic E-state index is 6.14. The topological polar surface area (TPSA) is 54.7 Å². The van der Waals surface area contributed by atoms with Gasteiger partial charge in [-0.15, -0.1) is 0 Å². The average Bonchev–Trinajstić information content (AvgIpc) is 3.08. The van der Waals surface area contributed by atoms with E-state index in [4.69, 9.17) is 21.1 Å². The summed E-state index contributed by atoms with van der Waals surface area (Å²) >= 11 is 6.14. The van der Waals surface area contributed by atoms with Crippen LogP contribution in [-0.4, -0.2) is 15.1 Å². The molecule has 2 aromatic carbocycles. The van der Waals surface area contributed by atoms with E-state index in [1.54, 1.807) is 0 Å². The number of halogens is 1. The molecule has 0 bridgehead atoms. The van der Waals surface area contributed by atoms with E-state index < -0.39 is 0 Å². The molecule has 4 rings (SSSR count). The van der Waals surface area contributed by atoms with E-state index in [9.17, 15) is 0 Å². The maximum Gasteiger partial charge on any atom is 0.141 e. The molecule has 4 nitrogen and oxygen atoms in total. The normalized spacial score (nSPS) is 11.4. The molecule has 0 spiro atoms. The van der Waals surface area contributed by atoms with Gasteiger partial charge in [0.15, 0.2) is 0 Å². The molecule has 0 aliphatic rings. The largest absolute Gasteiger partial charge is 0.361 e. The highest BCUT2D eigenvalue weighted by atomic mass is 35.5. The van der Waals surface area contributed by atoms with Crippen LogP contribution in [0.25, 0.3) is 33.3 Å². The smallest absolute Gasteiger partial charge is 0.141 e. The summed E-state index contributed by atoms with van der Waals surface area (Å²) in [4.78, 5) is 8.05. The molecule has 0 aliphatic carbocycles. The predicted molar refractivity (Wildman–Crippen MR) is 101 cm³/mol. The number of imidazole rings is 1. The van der Waals surface area contributed by atoms with E-state index >= 15 is 0 Å². The van der Waals surface area contributed by atoms with Crippen molar-refractivity contribution in [1.29, 1.82) is 0 Å². The number of rotatable bonds is 2. The first-order chi connectivity index (χ1) is 11.9. The Balaban J connectivity index is 2.06. The summed E-state index contributed by atoms with van der Waals surface area (Å²) in [7, 11) is 0. The SMILES string of the molecule is Cc1nc2c(-c3ccc(Cl)cc3C)cc(-c3c(C)noc3C)cc2[nH]1. The molecular weight excluding hydrogens is 334 g/mol. The Morgan fingerprint density at radius 1 is 1.00 bits per heavy atom. The zero-order valence-electron chi connectivity index (χ0n) is 14.6. The minimum absolute atomic E-state index is 0.734. The van der Waals surface area contributed by atoms with Gasteiger partial charge in [0.2, 0.25) is 0 Å². The van der Waals surface area contributed by atoms with Gasteiger partial charge in [-0.05, 0) is 68.7 Å². The molecule has 2 heterocycles. The molecule has 0 atom stereocenters. The number of aryl methyl sites for hydroxylation is 4. The molecule has 0 saturated carbocycles. The van der Waals surface area contributed by atoms with Crippen LogP contribution in [0.15, 0.2) is 34.9 Å². The van der Waals surface area contributed by atoms with Crippen LogP contribution in [0.2, 0.25) is 5.02 Å². The van der Waals surface area contributed by atoms with Crippen molar-refractivity contribution in [2.45, 2.75) is 27.7 Å². The molecule has 1 N–H and O–H groups in total. The maximum absolute atomic E-state index is 6.14. The number of hydrogen-bond donors (Lipinski definition) is 1. The standard InChI is InChI=1S/C20H18ClN3O/c1-10-7-15(21)5-6-16(10)17-8-14(19-11(2)24-25-12(19)3)9-18-20(17)23-13(4)22-18/h5-9H,1-4H3,(H,22,23). The van der Waals surface area contributed by atoms with Gasteiger partial charge in [-0.25, -0.2) is 4.98 Å². The van der Waals surface area contributed by atoms with Crippen LogP contribution in [-0.2, 0) is 0 Å². The number of H-pyrrole nitrogens is 1. The quantitative estimate of drug-likeness (QED) is 0.498. The van der Waals surface area contributed by atoms with Crippen molar-refractivity contribution >= 4 is 22.6 Å². The van der Waals surface area contributed by atoms with Gasteiger partial charge in [0.05, 0.1) is 16.7 Å². The Labute approximate surface area is 150 Å². The fourth-order valence-corrected chi connectivity index (χ4v) is 3.64. The molecular formula is C20H18ClN3O. The Hall–Kier alpha value is -2.59. The minimum Gasteiger partial charge on any atom is -0.361 e. The highest BCUT2D eigenvalue weighted by molar-refractivity contribution is 6.30. The second-order valence-corrected chi connectivity index (χ2v) is 6.84. The number of hydrogen-bond acceptors (Lipinski definition) is 3. The van der Waals surface area contributed by atoms with Crippen LogP contribution in [0.4, 0.5) is 0 Å². The summed E-state index contributed by atoms with van der Waals surface area (Å²) < 4.78 is 5.36. The lowest BCUT2D eigenvalue weighted by molar-refractivity contribution is 0.393. The number of nitrogens with zero attached hydrogens (tertiary/aromatic N) is 2. The molecule has 0 aliphatic heterocycles. The van der Waals surface area contributed by atoms with Crippen molar-refractivity contribution in [1.82, 2.24) is 15.1 Å². The van der Waals surface area contributed by atoms with Crippen molar-refractivity contribution in [3.8, 4) is 22.3 Å². The third-order valence-corrected chi connectivity index (χ3v) is 4.74. The van der Waals surface area contributed by atoms with E-state index in [1.165, 1.54) is 0 Å². The van der Waals surface area contributed by atoms with Crippen LogP contribution in [0.3, 0.4) is 0 Å². The number of benzene rings is 2. The molecule has 0 radical (unpaired) electrons. The van der Waals surface area contributed by atoms with E-state index in [2.05, 4.69) is 29.2 Å². The summed E-state index contributed by atoms with van der Waals surface area (Å²) in [5.41, 5.74) is 8.24. The van der Waals surface area contributed by atoms with Crippen LogP contribution in [0.1, 0.15) is 22.8 Å². The second kappa shape index (κ2) is 5.74. The predicted octanol–water partition coefficient (Wildman–Crippen LogP) is 5.77. The first kappa shape index (κ1) is 15.9. The Morgan fingerprint density at radius 3 is 2.48 bits per heavy atom. The third kappa shape index (κ3) is 2.63. The molecule has 0 unspecified atom stereocenters. The van der Waals surface area contributed by atoms with Crippen LogP contribution >= 0.6 is 11.6 Å². The van der Waals surface area contributed by atoms with Crippen molar-refractivity contribution in [3.63, 3.8) is 0 Å². The molecule has 4 aromatic rings. The van der Waals surface area contributed by atoms with Gasteiger partial charge >= 0.3 is 0 Å². The van der Waals surface area contributed by atoms with Gasteiger partial charge in [-0.1, -0.05) is 22.8 Å². The molecule has 0 amide bonds. The molecule has 0 saturated heterocycles. The summed E-state index contributed by atoms with van der Waals surface area (Å²) in [5, 5.41) is 4.82. The fourth-order valence-electron chi connectivity index (χ4n) is 3.41. The van der Waals surface area contributed by atoms with E-state index in [0.717, 1.165) is 61.2 Å². The number of fused-ring (bicyclic) bond motifs is 1. The van der Waals surface area contributed by atoms with Gasteiger partial charge < -0.3 is 9.51 Å². The molecule has 2 aromatic heterocycles. The van der Waals surface area contributed by atoms with Gasteiger partial charge in [0.1, 0.15) is 11.6 Å². The molecule has 25 heavy (non-hydrogen) atoms. The molecule has 5 heteroatoms. The lowest BCUT2D eigenvalue weighted by Gasteiger charge is -2.10. The van der Waals surface area contributed by atoms with Crippen molar-refractivity contribution in [2.24, 2.45) is 0 Å². The summed E-state index contributed by atoms with van der Waals surface area (Å²) in [5.74, 6) is 1.70. The Bertz CT molecular complexity index is 1090. The second-order valence-electron chi connectivity index (χ2n) is 6.40. The van der Waals surface area contributed by atoms with Gasteiger partial charge in [0, 0.05) is 16.1 Å². The van der Waals surface area contributed by atoms with Crippen molar-refractivity contribution < 1.29 is 4.52 Å². The minimum atomic E-state index is 0.734. The average molecular weight is 352 g/mol. The zero-order valence-corrected chi connectivity index (χ0v) is 15.3. The molecule has 0 fully saturated rings. The summed E-state index contributed by atoms with van der Waals surface area (Å²) in [6.07, 6.45) is 0. The van der Waals surface area contributed by atoms with Gasteiger partial charge in [-0.2, -0.15) is 0 Å². The highest BCUT2D eigenvalue weighted by Gasteiger charge is 2.17. The number of nitrogens with one attached hydrogen (secondary N) is 1. The van der Waals surface area contributed by atoms with Gasteiger partial charge in [-0.3, -0.25) is 0 Å². The van der Waals surface area contributed by atoms with Gasteiger partial charge in [0.25, 0.3) is 0 Å². The zero-order chi connectivity index (χ0) is 17.7. The lowest BCUT2D eigenvalue weighted by atomic mass is 9.94. The summed E-state index contributed by atoms with van der Waals surface area (Å²) in [6.45, 7) is 7.93. The van der Waals surface area contributed by atoms with Crippen LogP contribution in [0.5, 0.6) is 0 Å². The highest BCUT2D eigenvalue weighted by Crippen LogP contribution is 2.37. The van der Waals surface area contributed by atoms with E-state index in [1.807, 2.05) is 39.0 Å². The number of aromatic nitrogens is 3. The van der Waals surface area contributed by atoms with Crippen LogP contribution in [0, 0.1) is 27.7 Å². The summed E-state index contributed by atoms with van der Waals surface area (Å²) in [6, 6.07) is 10.2. The first-order valence-corrected chi connectivity index (χ1v) is 8.52. The Kier molecular flexibility index (Phi) is 3.65. The van der Waals surface area contributed by atoms with E-state index in [0.29, 0.717) is 0 Å². The number of aromatic amines is 1. The first-order valence-electron chi connectivity index (χ1n) is 8.14. The lowest BCUT2D eigenvalue weighted by Crippen LogP contribution is -1.89. The monoisotopic (exact) mass is 351 g/mol. The van der Waals surface area contributed by atoms with Crippen LogP contribution < -0.4 is 0 Å². The fraction of sp³-hybridized carbons (Fsp3) is 0.200. The van der Waals surface area contributed by atoms with E-state index in [-0.39, 0.29) is 0 Å². The van der Waals surface area contributed by atoms with Crippen molar-refractivity contribution in [3.05, 3.63) is 58.2 Å². The Morgan fingerprint density at radius 2 is 1.80 bits per heavy atom. The molecule has 126 valence electrons.